The minimum Gasteiger partial charge on any atom is -0.507 e. The van der Waals surface area contributed by atoms with Gasteiger partial charge in [-0.15, -0.1) is 0 Å². The van der Waals surface area contributed by atoms with E-state index in [1.165, 1.54) is 5.56 Å². The maximum Gasteiger partial charge on any atom is 0.343 e. The summed E-state index contributed by atoms with van der Waals surface area (Å²) in [6.07, 6.45) is 2.49. The van der Waals surface area contributed by atoms with E-state index < -0.39 is 5.97 Å². The number of H-pyrrole nitrogens is 1. The fourth-order valence-corrected chi connectivity index (χ4v) is 5.43. The number of aromatic amines is 1. The van der Waals surface area contributed by atoms with Crippen LogP contribution < -0.4 is 19.7 Å². The summed E-state index contributed by atoms with van der Waals surface area (Å²) in [7, 11) is 0. The highest BCUT2D eigenvalue weighted by atomic mass is 16.5. The van der Waals surface area contributed by atoms with Crippen molar-refractivity contribution in [3.63, 3.8) is 0 Å². The highest BCUT2D eigenvalue weighted by molar-refractivity contribution is 6.00. The van der Waals surface area contributed by atoms with Crippen LogP contribution in [0.4, 0.5) is 5.69 Å². The molecule has 48 heavy (non-hydrogen) atoms. The lowest BCUT2D eigenvalue weighted by atomic mass is 9.97. The van der Waals surface area contributed by atoms with E-state index in [0.29, 0.717) is 72.6 Å². The average Bonchev–Trinajstić information content (AvgIpc) is 3.57. The summed E-state index contributed by atoms with van der Waals surface area (Å²) in [4.78, 5) is 38.3. The van der Waals surface area contributed by atoms with Crippen LogP contribution in [0, 0.1) is 13.8 Å². The van der Waals surface area contributed by atoms with Gasteiger partial charge in [-0.3, -0.25) is 9.59 Å². The number of aryl methyl sites for hydroxylation is 2. The summed E-state index contributed by atoms with van der Waals surface area (Å²) in [5.74, 6) is 0.640. The van der Waals surface area contributed by atoms with Crippen molar-refractivity contribution in [1.82, 2.24) is 20.7 Å². The van der Waals surface area contributed by atoms with Crippen molar-refractivity contribution in [3.05, 3.63) is 107 Å². The number of phenols is 1. The molecular formula is C37H39N5O6. The van der Waals surface area contributed by atoms with Crippen molar-refractivity contribution in [2.75, 3.05) is 24.6 Å². The van der Waals surface area contributed by atoms with Gasteiger partial charge in [0.1, 0.15) is 28.3 Å². The van der Waals surface area contributed by atoms with Gasteiger partial charge >= 0.3 is 5.97 Å². The van der Waals surface area contributed by atoms with Crippen molar-refractivity contribution >= 4 is 34.5 Å². The van der Waals surface area contributed by atoms with Crippen molar-refractivity contribution < 1.29 is 29.0 Å². The molecule has 4 aromatic carbocycles. The SMILES string of the molecule is CCC(=O)N1CCCc2c1ccc(C(=O)NCCCOc1ccc(C)cc1C)c2O.O=C(Oc1ccccc1)c1ccc2n[nH]nc2c1. The first-order chi connectivity index (χ1) is 23.2. The third-order valence-electron chi connectivity index (χ3n) is 7.91. The summed E-state index contributed by atoms with van der Waals surface area (Å²) >= 11 is 0. The zero-order valence-electron chi connectivity index (χ0n) is 27.3. The molecule has 2 heterocycles. The number of aromatic nitrogens is 3. The van der Waals surface area contributed by atoms with Crippen molar-refractivity contribution in [2.24, 2.45) is 0 Å². The summed E-state index contributed by atoms with van der Waals surface area (Å²) < 4.78 is 11.0. The predicted octanol–water partition coefficient (Wildman–Crippen LogP) is 6.07. The Morgan fingerprint density at radius 1 is 0.958 bits per heavy atom. The first-order valence-corrected chi connectivity index (χ1v) is 16.0. The number of carbonyl (C=O) groups is 3. The summed E-state index contributed by atoms with van der Waals surface area (Å²) in [5.41, 5.74) is 5.71. The molecule has 0 saturated carbocycles. The number of aromatic hydroxyl groups is 1. The van der Waals surface area contributed by atoms with E-state index >= 15 is 0 Å². The number of anilines is 1. The molecule has 1 aromatic heterocycles. The first kappa shape index (κ1) is 33.6. The molecule has 3 N–H and O–H groups in total. The second-order valence-corrected chi connectivity index (χ2v) is 11.4. The molecule has 0 aliphatic carbocycles. The van der Waals surface area contributed by atoms with E-state index in [9.17, 15) is 19.5 Å². The number of fused-ring (bicyclic) bond motifs is 2. The molecular weight excluding hydrogens is 610 g/mol. The number of carbonyl (C=O) groups excluding carboxylic acids is 3. The molecule has 248 valence electrons. The number of benzene rings is 4. The zero-order valence-corrected chi connectivity index (χ0v) is 27.3. The van der Waals surface area contributed by atoms with Crippen LogP contribution in [-0.4, -0.2) is 58.0 Å². The van der Waals surface area contributed by atoms with Gasteiger partial charge in [-0.2, -0.15) is 15.4 Å². The smallest absolute Gasteiger partial charge is 0.343 e. The maximum atomic E-state index is 12.6. The lowest BCUT2D eigenvalue weighted by Crippen LogP contribution is -2.35. The number of phenolic OH excluding ortho intramolecular Hbond substituents is 1. The second-order valence-electron chi connectivity index (χ2n) is 11.4. The van der Waals surface area contributed by atoms with E-state index in [2.05, 4.69) is 26.8 Å². The Hall–Kier alpha value is -5.71. The molecule has 0 fully saturated rings. The van der Waals surface area contributed by atoms with Gasteiger partial charge in [0.2, 0.25) is 5.91 Å². The number of para-hydroxylation sites is 1. The van der Waals surface area contributed by atoms with E-state index in [-0.39, 0.29) is 23.1 Å². The maximum absolute atomic E-state index is 12.6. The highest BCUT2D eigenvalue weighted by Gasteiger charge is 2.26. The summed E-state index contributed by atoms with van der Waals surface area (Å²) in [6.45, 7) is 7.46. The fourth-order valence-electron chi connectivity index (χ4n) is 5.43. The summed E-state index contributed by atoms with van der Waals surface area (Å²) in [5, 5.41) is 23.8. The third-order valence-corrected chi connectivity index (χ3v) is 7.91. The van der Waals surface area contributed by atoms with Gasteiger partial charge < -0.3 is 24.8 Å². The third kappa shape index (κ3) is 8.16. The number of ether oxygens (including phenoxy) is 2. The van der Waals surface area contributed by atoms with Gasteiger partial charge in [-0.05, 0) is 87.2 Å². The Kier molecular flexibility index (Phi) is 11.0. The van der Waals surface area contributed by atoms with Gasteiger partial charge in [0.05, 0.1) is 23.4 Å². The Morgan fingerprint density at radius 2 is 1.75 bits per heavy atom. The number of nitrogens with one attached hydrogen (secondary N) is 2. The van der Waals surface area contributed by atoms with Gasteiger partial charge in [-0.1, -0.05) is 42.8 Å². The predicted molar refractivity (Wildman–Crippen MR) is 183 cm³/mol. The molecule has 0 radical (unpaired) electrons. The van der Waals surface area contributed by atoms with E-state index in [0.717, 1.165) is 17.7 Å². The normalized spacial score (nSPS) is 12.0. The minimum atomic E-state index is -0.411. The van der Waals surface area contributed by atoms with Crippen LogP contribution in [0.15, 0.2) is 78.9 Å². The van der Waals surface area contributed by atoms with Crippen molar-refractivity contribution in [2.45, 2.75) is 46.5 Å². The number of hydrogen-bond donors (Lipinski definition) is 3. The van der Waals surface area contributed by atoms with E-state index in [4.69, 9.17) is 9.47 Å². The number of rotatable bonds is 9. The van der Waals surface area contributed by atoms with Gasteiger partial charge in [-0.25, -0.2) is 4.79 Å². The summed E-state index contributed by atoms with van der Waals surface area (Å²) in [6, 6.07) is 23.4. The molecule has 0 bridgehead atoms. The Labute approximate surface area is 278 Å². The standard InChI is InChI=1S/C24H30N2O4.C13H9N3O2/c1-4-22(27)26-13-5-7-18-20(26)10-9-19(23(18)28)24(29)25-12-6-14-30-21-11-8-16(2)15-17(21)3;17-13(18-10-4-2-1-3-5-10)9-6-7-11-12(8-9)15-16-14-11/h8-11,15,28H,4-7,12-14H2,1-3H3,(H,25,29);1-8H,(H,14,15,16). The van der Waals surface area contributed by atoms with Crippen molar-refractivity contribution in [3.8, 4) is 17.2 Å². The van der Waals surface area contributed by atoms with Crippen LogP contribution >= 0.6 is 0 Å². The average molecular weight is 650 g/mol. The molecule has 5 aromatic rings. The largest absolute Gasteiger partial charge is 0.507 e. The molecule has 0 saturated heterocycles. The van der Waals surface area contributed by atoms with Gasteiger partial charge in [0, 0.05) is 25.1 Å². The number of esters is 1. The topological polar surface area (TPSA) is 147 Å². The lowest BCUT2D eigenvalue weighted by Gasteiger charge is -2.30. The monoisotopic (exact) mass is 649 g/mol. The van der Waals surface area contributed by atoms with Crippen molar-refractivity contribution in [1.29, 1.82) is 0 Å². The molecule has 0 unspecified atom stereocenters. The highest BCUT2D eigenvalue weighted by Crippen LogP contribution is 2.36. The lowest BCUT2D eigenvalue weighted by molar-refractivity contribution is -0.118. The number of hydrogen-bond acceptors (Lipinski definition) is 8. The van der Waals surface area contributed by atoms with Crippen LogP contribution in [0.2, 0.25) is 0 Å². The molecule has 1 aliphatic rings. The minimum absolute atomic E-state index is 0.0230. The second kappa shape index (κ2) is 15.7. The molecule has 6 rings (SSSR count). The molecule has 2 amide bonds. The molecule has 11 nitrogen and oxygen atoms in total. The quantitative estimate of drug-likeness (QED) is 0.0990. The first-order valence-electron chi connectivity index (χ1n) is 16.0. The molecule has 1 aliphatic heterocycles. The molecule has 11 heteroatoms. The molecule has 0 spiro atoms. The van der Waals surface area contributed by atoms with Crippen LogP contribution in [0.1, 0.15) is 63.6 Å². The Morgan fingerprint density at radius 3 is 2.52 bits per heavy atom. The van der Waals surface area contributed by atoms with Crippen LogP contribution in [0.3, 0.4) is 0 Å². The van der Waals surface area contributed by atoms with E-state index in [1.807, 2.05) is 51.1 Å². The van der Waals surface area contributed by atoms with Gasteiger partial charge in [0.15, 0.2) is 0 Å². The number of amides is 2. The fraction of sp³-hybridized carbons (Fsp3) is 0.270. The zero-order chi connectivity index (χ0) is 34.0. The Balaban J connectivity index is 0.000000212. The van der Waals surface area contributed by atoms with Gasteiger partial charge in [0.25, 0.3) is 5.91 Å². The Bertz CT molecular complexity index is 1910. The van der Waals surface area contributed by atoms with Crippen LogP contribution in [0.5, 0.6) is 17.2 Å². The van der Waals surface area contributed by atoms with Crippen LogP contribution in [0.25, 0.3) is 11.0 Å². The number of nitrogens with zero attached hydrogens (tertiary/aromatic N) is 3. The van der Waals surface area contributed by atoms with Crippen LogP contribution in [-0.2, 0) is 11.2 Å². The molecule has 0 atom stereocenters. The van der Waals surface area contributed by atoms with E-state index in [1.54, 1.807) is 47.4 Å².